The highest BCUT2D eigenvalue weighted by molar-refractivity contribution is 7.78. The Kier molecular flexibility index (Phi) is 8.84. The van der Waals surface area contributed by atoms with Crippen LogP contribution >= 0.6 is 12.8 Å². The quantitative estimate of drug-likeness (QED) is 0.421. The predicted molar refractivity (Wildman–Crippen MR) is 112 cm³/mol. The summed E-state index contributed by atoms with van der Waals surface area (Å²) in [6.07, 6.45) is 0.273. The second-order valence-corrected chi connectivity index (χ2v) is 6.80. The highest BCUT2D eigenvalue weighted by Crippen LogP contribution is 2.14. The lowest BCUT2D eigenvalue weighted by Gasteiger charge is -2.20. The van der Waals surface area contributed by atoms with Crippen molar-refractivity contribution in [2.75, 3.05) is 19.7 Å². The van der Waals surface area contributed by atoms with Crippen molar-refractivity contribution >= 4 is 24.6 Å². The first kappa shape index (κ1) is 21.8. The van der Waals surface area contributed by atoms with Gasteiger partial charge in [-0.15, -0.1) is 0 Å². The molecule has 28 heavy (non-hydrogen) atoms. The number of Topliss-reactive ketones (excluding diaryl/α,β-unsaturated/α-hetero) is 1. The summed E-state index contributed by atoms with van der Waals surface area (Å²) in [4.78, 5) is 23.6. The molecule has 150 valence electrons. The van der Waals surface area contributed by atoms with Gasteiger partial charge in [-0.25, -0.2) is 4.79 Å². The van der Waals surface area contributed by atoms with Gasteiger partial charge in [-0.2, -0.15) is 0 Å². The molecule has 0 bridgehead atoms. The van der Waals surface area contributed by atoms with Crippen LogP contribution in [0.15, 0.2) is 54.6 Å². The molecule has 0 fully saturated rings. The van der Waals surface area contributed by atoms with Gasteiger partial charge in [-0.1, -0.05) is 50.1 Å². The number of thiol groups is 1. The molecule has 0 saturated heterocycles. The summed E-state index contributed by atoms with van der Waals surface area (Å²) in [7, 11) is 0. The van der Waals surface area contributed by atoms with Crippen molar-refractivity contribution < 1.29 is 19.4 Å². The summed E-state index contributed by atoms with van der Waals surface area (Å²) < 4.78 is 6.63. The second-order valence-electron chi connectivity index (χ2n) is 6.32. The minimum atomic E-state index is -0.894. The Morgan fingerprint density at radius 3 is 2.46 bits per heavy atom. The van der Waals surface area contributed by atoms with E-state index in [2.05, 4.69) is 18.1 Å². The van der Waals surface area contributed by atoms with Crippen LogP contribution in [0.5, 0.6) is 5.75 Å². The van der Waals surface area contributed by atoms with Crippen LogP contribution < -0.4 is 10.1 Å². The Bertz CT molecular complexity index is 753. The average molecular weight is 403 g/mol. The molecule has 1 unspecified atom stereocenters. The molecule has 0 aliphatic carbocycles. The van der Waals surface area contributed by atoms with Gasteiger partial charge in [0, 0.05) is 18.5 Å². The molecule has 2 rings (SSSR count). The summed E-state index contributed by atoms with van der Waals surface area (Å²) in [5.41, 5.74) is 1.76. The number of hydrogen-bond acceptors (Lipinski definition) is 5. The van der Waals surface area contributed by atoms with Crippen molar-refractivity contribution in [1.29, 1.82) is 0 Å². The zero-order chi connectivity index (χ0) is 20.4. The van der Waals surface area contributed by atoms with E-state index in [0.717, 1.165) is 16.3 Å². The first-order valence-corrected chi connectivity index (χ1v) is 9.62. The molecule has 0 aliphatic rings. The van der Waals surface area contributed by atoms with E-state index in [9.17, 15) is 14.7 Å². The number of aliphatic hydroxyl groups is 1. The van der Waals surface area contributed by atoms with Crippen LogP contribution in [-0.2, 0) is 6.42 Å². The highest BCUT2D eigenvalue weighted by atomic mass is 32.1. The molecule has 1 atom stereocenters. The number of hydrogen-bond donors (Lipinski definition) is 3. The summed E-state index contributed by atoms with van der Waals surface area (Å²) in [6.45, 7) is 2.32. The van der Waals surface area contributed by atoms with Gasteiger partial charge in [0.2, 0.25) is 0 Å². The topological polar surface area (TPSA) is 78.9 Å². The van der Waals surface area contributed by atoms with Gasteiger partial charge in [-0.05, 0) is 36.2 Å². The molecule has 2 N–H and O–H groups in total. The monoisotopic (exact) mass is 402 g/mol. The van der Waals surface area contributed by atoms with Gasteiger partial charge >= 0.3 is 6.03 Å². The molecule has 6 nitrogen and oxygen atoms in total. The first-order valence-electron chi connectivity index (χ1n) is 9.22. The van der Waals surface area contributed by atoms with Crippen LogP contribution in [0, 0.1) is 0 Å². The molecule has 0 saturated carbocycles. The number of rotatable bonds is 10. The zero-order valence-corrected chi connectivity index (χ0v) is 16.8. The van der Waals surface area contributed by atoms with E-state index >= 15 is 0 Å². The van der Waals surface area contributed by atoms with Gasteiger partial charge in [-0.3, -0.25) is 9.10 Å². The minimum absolute atomic E-state index is 0.00935. The van der Waals surface area contributed by atoms with Gasteiger partial charge in [0.25, 0.3) is 0 Å². The number of ether oxygens (including phenoxy) is 1. The third kappa shape index (κ3) is 7.25. The molecule has 0 radical (unpaired) electrons. The van der Waals surface area contributed by atoms with Gasteiger partial charge in [0.05, 0.1) is 6.54 Å². The van der Waals surface area contributed by atoms with Crippen LogP contribution in [-0.4, -0.2) is 47.0 Å². The Balaban J connectivity index is 1.69. The van der Waals surface area contributed by atoms with E-state index < -0.39 is 6.10 Å². The van der Waals surface area contributed by atoms with E-state index in [1.165, 1.54) is 0 Å². The molecule has 2 aromatic carbocycles. The lowest BCUT2D eigenvalue weighted by atomic mass is 10.1. The number of ketones is 1. The summed E-state index contributed by atoms with van der Waals surface area (Å²) in [5, 5.41) is 12.8. The van der Waals surface area contributed by atoms with Crippen molar-refractivity contribution in [2.45, 2.75) is 25.9 Å². The zero-order valence-electron chi connectivity index (χ0n) is 15.9. The normalized spacial score (nSPS) is 11.5. The maximum absolute atomic E-state index is 12.0. The number of carbonyl (C=O) groups excluding carboxylic acids is 2. The van der Waals surface area contributed by atoms with E-state index in [-0.39, 0.29) is 25.0 Å². The Morgan fingerprint density at radius 1 is 1.14 bits per heavy atom. The first-order chi connectivity index (χ1) is 13.5. The van der Waals surface area contributed by atoms with Crippen molar-refractivity contribution in [3.8, 4) is 5.75 Å². The molecule has 0 aliphatic heterocycles. The van der Waals surface area contributed by atoms with Crippen LogP contribution in [0.4, 0.5) is 4.79 Å². The lowest BCUT2D eigenvalue weighted by molar-refractivity contribution is 0.0952. The summed E-state index contributed by atoms with van der Waals surface area (Å²) in [6, 6.07) is 16.2. The second kappa shape index (κ2) is 11.4. The molecule has 2 amide bonds. The number of aliphatic hydroxyl groups excluding tert-OH is 1. The fourth-order valence-electron chi connectivity index (χ4n) is 2.52. The number of nitrogens with zero attached hydrogens (tertiary/aromatic N) is 1. The maximum atomic E-state index is 12.0. The van der Waals surface area contributed by atoms with E-state index in [4.69, 9.17) is 4.74 Å². The molecule has 0 heterocycles. The van der Waals surface area contributed by atoms with E-state index in [1.807, 2.05) is 37.3 Å². The highest BCUT2D eigenvalue weighted by Gasteiger charge is 2.15. The number of nitrogens with one attached hydrogen (secondary N) is 1. The predicted octanol–water partition coefficient (Wildman–Crippen LogP) is 3.12. The lowest BCUT2D eigenvalue weighted by Crippen LogP contribution is -2.40. The largest absolute Gasteiger partial charge is 0.491 e. The number of benzene rings is 2. The van der Waals surface area contributed by atoms with Crippen molar-refractivity contribution in [2.24, 2.45) is 0 Å². The third-order valence-corrected chi connectivity index (χ3v) is 4.44. The SMILES string of the molecule is CCC(=O)c1ccc(OCC(O)CN(S)C(=O)NCCc2ccccc2)cc1. The summed E-state index contributed by atoms with van der Waals surface area (Å²) >= 11 is 4.12. The number of carbonyl (C=O) groups is 2. The fraction of sp³-hybridized carbons (Fsp3) is 0.333. The number of amides is 2. The van der Waals surface area contributed by atoms with Gasteiger partial charge < -0.3 is 15.2 Å². The Hall–Kier alpha value is -2.51. The molecular formula is C21H26N2O4S. The molecule has 2 aromatic rings. The van der Waals surface area contributed by atoms with Gasteiger partial charge in [0.1, 0.15) is 18.5 Å². The van der Waals surface area contributed by atoms with Crippen LogP contribution in [0.2, 0.25) is 0 Å². The van der Waals surface area contributed by atoms with Crippen LogP contribution in [0.3, 0.4) is 0 Å². The van der Waals surface area contributed by atoms with Crippen molar-refractivity contribution in [1.82, 2.24) is 9.62 Å². The van der Waals surface area contributed by atoms with E-state index in [0.29, 0.717) is 24.3 Å². The Morgan fingerprint density at radius 2 is 1.82 bits per heavy atom. The average Bonchev–Trinajstić information content (AvgIpc) is 2.72. The minimum Gasteiger partial charge on any atom is -0.491 e. The van der Waals surface area contributed by atoms with Crippen LogP contribution in [0.1, 0.15) is 29.3 Å². The van der Waals surface area contributed by atoms with Crippen LogP contribution in [0.25, 0.3) is 0 Å². The third-order valence-electron chi connectivity index (χ3n) is 4.09. The number of urea groups is 1. The fourth-order valence-corrected chi connectivity index (χ4v) is 2.78. The standard InChI is InChI=1S/C21H26N2O4S/c1-2-20(25)17-8-10-19(11-9-17)27-15-18(24)14-23(28)21(26)22-13-12-16-6-4-3-5-7-16/h3-11,18,24,28H,2,12-15H2,1H3,(H,22,26). The van der Waals surface area contributed by atoms with Crippen molar-refractivity contribution in [3.63, 3.8) is 0 Å². The van der Waals surface area contributed by atoms with Gasteiger partial charge in [0.15, 0.2) is 5.78 Å². The maximum Gasteiger partial charge on any atom is 0.327 e. The molecule has 7 heteroatoms. The summed E-state index contributed by atoms with van der Waals surface area (Å²) in [5.74, 6) is 0.611. The molecule has 0 spiro atoms. The van der Waals surface area contributed by atoms with Crippen molar-refractivity contribution in [3.05, 3.63) is 65.7 Å². The van der Waals surface area contributed by atoms with E-state index in [1.54, 1.807) is 24.3 Å². The Labute approximate surface area is 171 Å². The molecule has 0 aromatic heterocycles. The smallest absolute Gasteiger partial charge is 0.327 e. The molecular weight excluding hydrogens is 376 g/mol.